The number of nitrogens with two attached hydrogens (primary N) is 1. The molecule has 112 valence electrons. The molecule has 0 spiro atoms. The number of aromatic nitrogens is 5. The SMILES string of the molecule is CN(CC1CC(O)C1)c1nc(NN)nc(-n2ccnc2)n1. The molecule has 4 N–H and O–H groups in total. The van der Waals surface area contributed by atoms with E-state index in [1.165, 1.54) is 0 Å². The Morgan fingerprint density at radius 2 is 2.24 bits per heavy atom. The molecule has 0 aliphatic heterocycles. The first-order valence-corrected chi connectivity index (χ1v) is 6.76. The van der Waals surface area contributed by atoms with Gasteiger partial charge in [0, 0.05) is 26.0 Å². The summed E-state index contributed by atoms with van der Waals surface area (Å²) in [6.45, 7) is 0.786. The van der Waals surface area contributed by atoms with E-state index in [1.54, 1.807) is 23.3 Å². The number of aliphatic hydroxyl groups is 1. The van der Waals surface area contributed by atoms with Crippen molar-refractivity contribution in [1.29, 1.82) is 0 Å². The minimum Gasteiger partial charge on any atom is -0.393 e. The Hall–Kier alpha value is -2.26. The molecule has 9 nitrogen and oxygen atoms in total. The van der Waals surface area contributed by atoms with Gasteiger partial charge in [0.15, 0.2) is 0 Å². The summed E-state index contributed by atoms with van der Waals surface area (Å²) in [5.41, 5.74) is 2.45. The van der Waals surface area contributed by atoms with E-state index in [9.17, 15) is 5.11 Å². The fourth-order valence-corrected chi connectivity index (χ4v) is 2.40. The zero-order chi connectivity index (χ0) is 14.8. The Labute approximate surface area is 121 Å². The van der Waals surface area contributed by atoms with Crippen LogP contribution < -0.4 is 16.2 Å². The fourth-order valence-electron chi connectivity index (χ4n) is 2.40. The van der Waals surface area contributed by atoms with Crippen LogP contribution in [-0.4, -0.2) is 49.3 Å². The van der Waals surface area contributed by atoms with Gasteiger partial charge in [-0.25, -0.2) is 10.8 Å². The third kappa shape index (κ3) is 2.93. The first kappa shape index (κ1) is 13.7. The maximum absolute atomic E-state index is 9.36. The van der Waals surface area contributed by atoms with Crippen molar-refractivity contribution in [2.45, 2.75) is 18.9 Å². The van der Waals surface area contributed by atoms with Crippen LogP contribution in [0.4, 0.5) is 11.9 Å². The predicted molar refractivity (Wildman–Crippen MR) is 76.8 cm³/mol. The Morgan fingerprint density at radius 1 is 1.43 bits per heavy atom. The molecule has 1 saturated carbocycles. The summed E-state index contributed by atoms with van der Waals surface area (Å²) in [6.07, 6.45) is 6.50. The highest BCUT2D eigenvalue weighted by atomic mass is 16.3. The molecule has 1 fully saturated rings. The quantitative estimate of drug-likeness (QED) is 0.500. The Balaban J connectivity index is 1.82. The summed E-state index contributed by atoms with van der Waals surface area (Å²) in [5.74, 6) is 7.16. The van der Waals surface area contributed by atoms with Crippen LogP contribution in [0.2, 0.25) is 0 Å². The van der Waals surface area contributed by atoms with Crippen molar-refractivity contribution in [2.75, 3.05) is 23.9 Å². The summed E-state index contributed by atoms with van der Waals surface area (Å²) in [5, 5.41) is 9.36. The van der Waals surface area contributed by atoms with Crippen molar-refractivity contribution in [3.63, 3.8) is 0 Å². The van der Waals surface area contributed by atoms with E-state index in [4.69, 9.17) is 5.84 Å². The van der Waals surface area contributed by atoms with Gasteiger partial charge in [0.25, 0.3) is 0 Å². The Kier molecular flexibility index (Phi) is 3.67. The average Bonchev–Trinajstić information content (AvgIpc) is 2.99. The number of hydrogen-bond donors (Lipinski definition) is 3. The third-order valence-corrected chi connectivity index (χ3v) is 3.56. The predicted octanol–water partition coefficient (Wildman–Crippen LogP) is -0.450. The topological polar surface area (TPSA) is 118 Å². The van der Waals surface area contributed by atoms with Crippen molar-refractivity contribution in [1.82, 2.24) is 24.5 Å². The van der Waals surface area contributed by atoms with Crippen molar-refractivity contribution in [3.05, 3.63) is 18.7 Å². The minimum atomic E-state index is -0.162. The van der Waals surface area contributed by atoms with Gasteiger partial charge < -0.3 is 10.0 Å². The van der Waals surface area contributed by atoms with Gasteiger partial charge in [-0.1, -0.05) is 0 Å². The smallest absolute Gasteiger partial charge is 0.243 e. The summed E-state index contributed by atoms with van der Waals surface area (Å²) >= 11 is 0. The van der Waals surface area contributed by atoms with Gasteiger partial charge in [-0.05, 0) is 18.8 Å². The lowest BCUT2D eigenvalue weighted by Crippen LogP contribution is -2.37. The van der Waals surface area contributed by atoms with Gasteiger partial charge in [0.1, 0.15) is 6.33 Å². The highest BCUT2D eigenvalue weighted by molar-refractivity contribution is 5.39. The van der Waals surface area contributed by atoms with Crippen LogP contribution in [0.1, 0.15) is 12.8 Å². The number of anilines is 2. The normalized spacial score (nSPS) is 20.9. The van der Waals surface area contributed by atoms with Crippen LogP contribution in [0.15, 0.2) is 18.7 Å². The van der Waals surface area contributed by atoms with Gasteiger partial charge in [0.2, 0.25) is 17.8 Å². The third-order valence-electron chi connectivity index (χ3n) is 3.56. The summed E-state index contributed by atoms with van der Waals surface area (Å²) in [7, 11) is 1.91. The van der Waals surface area contributed by atoms with E-state index in [-0.39, 0.29) is 6.10 Å². The van der Waals surface area contributed by atoms with Gasteiger partial charge >= 0.3 is 0 Å². The number of rotatable bonds is 5. The van der Waals surface area contributed by atoms with Crippen molar-refractivity contribution >= 4 is 11.9 Å². The van der Waals surface area contributed by atoms with Crippen LogP contribution in [0, 0.1) is 5.92 Å². The minimum absolute atomic E-state index is 0.162. The molecule has 3 rings (SSSR count). The largest absolute Gasteiger partial charge is 0.393 e. The summed E-state index contributed by atoms with van der Waals surface area (Å²) in [6, 6.07) is 0. The van der Waals surface area contributed by atoms with Crippen LogP contribution >= 0.6 is 0 Å². The number of hydrazine groups is 1. The molecule has 21 heavy (non-hydrogen) atoms. The van der Waals surface area contributed by atoms with E-state index < -0.39 is 0 Å². The molecule has 2 aromatic rings. The molecule has 0 amide bonds. The second-order valence-electron chi connectivity index (χ2n) is 5.25. The standard InChI is InChI=1S/C12H18N8O/c1-19(6-8-4-9(21)5-8)11-15-10(18-13)16-12(17-11)20-3-2-14-7-20/h2-3,7-9,21H,4-6,13H2,1H3,(H,15,16,17,18). The summed E-state index contributed by atoms with van der Waals surface area (Å²) in [4.78, 5) is 18.8. The molecule has 0 radical (unpaired) electrons. The number of hydrogen-bond acceptors (Lipinski definition) is 8. The second-order valence-corrected chi connectivity index (χ2v) is 5.25. The van der Waals surface area contributed by atoms with Gasteiger partial charge in [0.05, 0.1) is 6.10 Å². The molecule has 0 aromatic carbocycles. The van der Waals surface area contributed by atoms with Gasteiger partial charge in [-0.2, -0.15) is 15.0 Å². The molecule has 0 unspecified atom stereocenters. The molecule has 1 aliphatic carbocycles. The average molecular weight is 290 g/mol. The van der Waals surface area contributed by atoms with Crippen LogP contribution in [0.25, 0.3) is 5.95 Å². The first-order chi connectivity index (χ1) is 10.2. The highest BCUT2D eigenvalue weighted by Gasteiger charge is 2.28. The molecular formula is C12H18N8O. The van der Waals surface area contributed by atoms with E-state index in [2.05, 4.69) is 25.4 Å². The Morgan fingerprint density at radius 3 is 2.86 bits per heavy atom. The molecule has 9 heteroatoms. The van der Waals surface area contributed by atoms with E-state index in [1.807, 2.05) is 11.9 Å². The van der Waals surface area contributed by atoms with E-state index in [0.29, 0.717) is 23.8 Å². The first-order valence-electron chi connectivity index (χ1n) is 6.76. The molecule has 1 aliphatic rings. The van der Waals surface area contributed by atoms with Crippen molar-refractivity contribution < 1.29 is 5.11 Å². The zero-order valence-corrected chi connectivity index (χ0v) is 11.7. The lowest BCUT2D eigenvalue weighted by atomic mass is 9.82. The van der Waals surface area contributed by atoms with Gasteiger partial charge in [-0.15, -0.1) is 0 Å². The Bertz CT molecular complexity index is 595. The number of aliphatic hydroxyl groups excluding tert-OH is 1. The van der Waals surface area contributed by atoms with Crippen LogP contribution in [0.3, 0.4) is 0 Å². The second kappa shape index (κ2) is 5.62. The maximum Gasteiger partial charge on any atom is 0.243 e. The van der Waals surface area contributed by atoms with E-state index >= 15 is 0 Å². The monoisotopic (exact) mass is 290 g/mol. The molecule has 0 atom stereocenters. The summed E-state index contributed by atoms with van der Waals surface area (Å²) < 4.78 is 1.69. The molecule has 0 saturated heterocycles. The maximum atomic E-state index is 9.36. The number of nitrogens with one attached hydrogen (secondary N) is 1. The number of imidazole rings is 1. The van der Waals surface area contributed by atoms with Gasteiger partial charge in [-0.3, -0.25) is 9.99 Å². The fraction of sp³-hybridized carbons (Fsp3) is 0.500. The zero-order valence-electron chi connectivity index (χ0n) is 11.7. The van der Waals surface area contributed by atoms with E-state index in [0.717, 1.165) is 19.4 Å². The lowest BCUT2D eigenvalue weighted by Gasteiger charge is -2.34. The molecule has 2 heterocycles. The molecule has 2 aromatic heterocycles. The highest BCUT2D eigenvalue weighted by Crippen LogP contribution is 2.28. The molecule has 0 bridgehead atoms. The number of nitrogen functional groups attached to an aromatic ring is 1. The van der Waals surface area contributed by atoms with Crippen LogP contribution in [-0.2, 0) is 0 Å². The number of nitrogens with zero attached hydrogens (tertiary/aromatic N) is 6. The lowest BCUT2D eigenvalue weighted by molar-refractivity contribution is 0.0463. The van der Waals surface area contributed by atoms with Crippen LogP contribution in [0.5, 0.6) is 0 Å². The molecular weight excluding hydrogens is 272 g/mol. The van der Waals surface area contributed by atoms with Crippen molar-refractivity contribution in [2.24, 2.45) is 11.8 Å². The van der Waals surface area contributed by atoms with Crippen molar-refractivity contribution in [3.8, 4) is 5.95 Å².